The minimum absolute atomic E-state index is 0.0338. The van der Waals surface area contributed by atoms with Crippen LogP contribution in [0.1, 0.15) is 45.1 Å². The number of alkyl halides is 2. The molecule has 1 saturated heterocycles. The molecule has 0 unspecified atom stereocenters. The van der Waals surface area contributed by atoms with Crippen LogP contribution in [0.3, 0.4) is 0 Å². The second-order valence-electron chi connectivity index (χ2n) is 9.60. The normalized spacial score (nSPS) is 22.9. The lowest BCUT2D eigenvalue weighted by Gasteiger charge is -2.42. The molecule has 0 spiro atoms. The molecule has 1 N–H and O–H groups in total. The van der Waals surface area contributed by atoms with Gasteiger partial charge in [-0.2, -0.15) is 5.10 Å². The van der Waals surface area contributed by atoms with Crippen LogP contribution in [-0.4, -0.2) is 58.6 Å². The van der Waals surface area contributed by atoms with Gasteiger partial charge in [-0.15, -0.1) is 0 Å². The monoisotopic (exact) mass is 474 g/mol. The summed E-state index contributed by atoms with van der Waals surface area (Å²) in [5.41, 5.74) is 2.55. The number of carbonyl (C=O) groups excluding carboxylic acids is 1. The van der Waals surface area contributed by atoms with Crippen LogP contribution in [-0.2, 0) is 9.53 Å². The Labute approximate surface area is 196 Å². The molecule has 10 heteroatoms. The van der Waals surface area contributed by atoms with Gasteiger partial charge in [-0.1, -0.05) is 6.07 Å². The first-order valence-corrected chi connectivity index (χ1v) is 11.7. The van der Waals surface area contributed by atoms with Crippen LogP contribution in [0.5, 0.6) is 0 Å². The molecule has 2 amide bonds. The molecular weight excluding hydrogens is 446 g/mol. The van der Waals surface area contributed by atoms with E-state index in [2.05, 4.69) is 5.10 Å². The molecule has 3 aliphatic rings. The zero-order valence-corrected chi connectivity index (χ0v) is 19.0. The molecule has 1 atom stereocenters. The standard InChI is InChI=1S/C24H28F2N4O4/c1-15-13-28(23(32)33)21-9-17(18-12-27-29(14-18)19-4-6-34-7-5-19)2-3-20(21)30(15)22(31)8-16-10-24(25,26)11-16/h2-3,9,12,14-16,19H,4-8,10-11,13H2,1H3,(H,32,33)/t15-/m0/s1. The highest BCUT2D eigenvalue weighted by atomic mass is 19.3. The van der Waals surface area contributed by atoms with E-state index in [-0.39, 0.29) is 43.7 Å². The van der Waals surface area contributed by atoms with Crippen molar-refractivity contribution in [3.63, 3.8) is 0 Å². The van der Waals surface area contributed by atoms with Gasteiger partial charge in [0, 0.05) is 50.8 Å². The number of hydrogen-bond acceptors (Lipinski definition) is 4. The molecule has 0 bridgehead atoms. The molecule has 3 heterocycles. The number of halogens is 2. The molecule has 34 heavy (non-hydrogen) atoms. The summed E-state index contributed by atoms with van der Waals surface area (Å²) in [5.74, 6) is -3.27. The molecule has 0 radical (unpaired) electrons. The number of aromatic nitrogens is 2. The lowest BCUT2D eigenvalue weighted by Crippen LogP contribution is -2.52. The average Bonchev–Trinajstić information content (AvgIpc) is 3.28. The van der Waals surface area contributed by atoms with Crippen LogP contribution in [0.25, 0.3) is 11.1 Å². The fourth-order valence-corrected chi connectivity index (χ4v) is 5.28. The van der Waals surface area contributed by atoms with E-state index in [4.69, 9.17) is 4.74 Å². The minimum Gasteiger partial charge on any atom is -0.465 e. The van der Waals surface area contributed by atoms with Gasteiger partial charge in [0.25, 0.3) is 0 Å². The van der Waals surface area contributed by atoms with Gasteiger partial charge in [0.1, 0.15) is 0 Å². The minimum atomic E-state index is -2.68. The summed E-state index contributed by atoms with van der Waals surface area (Å²) in [7, 11) is 0. The Morgan fingerprint density at radius 1 is 1.18 bits per heavy atom. The van der Waals surface area contributed by atoms with Crippen molar-refractivity contribution in [2.75, 3.05) is 29.6 Å². The summed E-state index contributed by atoms with van der Waals surface area (Å²) in [6.45, 7) is 3.29. The zero-order chi connectivity index (χ0) is 24.0. The van der Waals surface area contributed by atoms with Crippen molar-refractivity contribution in [3.05, 3.63) is 30.6 Å². The van der Waals surface area contributed by atoms with E-state index in [1.54, 1.807) is 30.2 Å². The molecule has 182 valence electrons. The number of fused-ring (bicyclic) bond motifs is 1. The Balaban J connectivity index is 1.43. The first-order chi connectivity index (χ1) is 16.2. The van der Waals surface area contributed by atoms with Crippen molar-refractivity contribution < 1.29 is 28.2 Å². The molecule has 1 aliphatic carbocycles. The molecule has 1 aromatic heterocycles. The van der Waals surface area contributed by atoms with Gasteiger partial charge >= 0.3 is 6.09 Å². The molecule has 1 aromatic carbocycles. The predicted octanol–water partition coefficient (Wildman–Crippen LogP) is 4.56. The highest BCUT2D eigenvalue weighted by Gasteiger charge is 2.47. The maximum absolute atomic E-state index is 13.3. The van der Waals surface area contributed by atoms with E-state index >= 15 is 0 Å². The van der Waals surface area contributed by atoms with E-state index in [0.717, 1.165) is 24.0 Å². The summed E-state index contributed by atoms with van der Waals surface area (Å²) in [5, 5.41) is 14.3. The predicted molar refractivity (Wildman–Crippen MR) is 121 cm³/mol. The number of benzene rings is 1. The highest BCUT2D eigenvalue weighted by molar-refractivity contribution is 6.03. The van der Waals surface area contributed by atoms with Crippen LogP contribution in [0, 0.1) is 5.92 Å². The van der Waals surface area contributed by atoms with Crippen molar-refractivity contribution >= 4 is 23.4 Å². The van der Waals surface area contributed by atoms with Gasteiger partial charge in [0.2, 0.25) is 11.8 Å². The van der Waals surface area contributed by atoms with Gasteiger partial charge in [-0.05, 0) is 43.4 Å². The number of amides is 2. The Kier molecular flexibility index (Phi) is 5.79. The first-order valence-electron chi connectivity index (χ1n) is 11.7. The van der Waals surface area contributed by atoms with Gasteiger partial charge in [-0.3, -0.25) is 14.4 Å². The maximum Gasteiger partial charge on any atom is 0.411 e. The van der Waals surface area contributed by atoms with Crippen molar-refractivity contribution in [1.82, 2.24) is 9.78 Å². The Hall–Kier alpha value is -3.01. The number of anilines is 2. The molecular formula is C24H28F2N4O4. The molecule has 8 nitrogen and oxygen atoms in total. The van der Waals surface area contributed by atoms with Gasteiger partial charge in [-0.25, -0.2) is 13.6 Å². The summed E-state index contributed by atoms with van der Waals surface area (Å²) in [6, 6.07) is 5.22. The number of hydrogen-bond donors (Lipinski definition) is 1. The number of rotatable bonds is 4. The summed E-state index contributed by atoms with van der Waals surface area (Å²) >= 11 is 0. The summed E-state index contributed by atoms with van der Waals surface area (Å²) in [4.78, 5) is 27.9. The zero-order valence-electron chi connectivity index (χ0n) is 19.0. The lowest BCUT2D eigenvalue weighted by atomic mass is 9.79. The third kappa shape index (κ3) is 4.26. The van der Waals surface area contributed by atoms with Crippen molar-refractivity contribution in [3.8, 4) is 11.1 Å². The largest absolute Gasteiger partial charge is 0.465 e. The van der Waals surface area contributed by atoms with Crippen molar-refractivity contribution in [2.24, 2.45) is 5.92 Å². The Morgan fingerprint density at radius 3 is 2.59 bits per heavy atom. The van der Waals surface area contributed by atoms with Gasteiger partial charge in [0.15, 0.2) is 0 Å². The lowest BCUT2D eigenvalue weighted by molar-refractivity contribution is -0.132. The maximum atomic E-state index is 13.3. The summed E-state index contributed by atoms with van der Waals surface area (Å²) < 4.78 is 33.9. The van der Waals surface area contributed by atoms with Gasteiger partial charge < -0.3 is 14.7 Å². The van der Waals surface area contributed by atoms with E-state index in [9.17, 15) is 23.5 Å². The van der Waals surface area contributed by atoms with Crippen LogP contribution in [0.4, 0.5) is 25.0 Å². The Bertz CT molecular complexity index is 1090. The van der Waals surface area contributed by atoms with E-state index in [1.165, 1.54) is 4.90 Å². The van der Waals surface area contributed by atoms with Crippen LogP contribution in [0.15, 0.2) is 30.6 Å². The average molecular weight is 475 g/mol. The fraction of sp³-hybridized carbons (Fsp3) is 0.542. The molecule has 2 fully saturated rings. The van der Waals surface area contributed by atoms with Crippen LogP contribution < -0.4 is 9.80 Å². The quantitative estimate of drug-likeness (QED) is 0.702. The van der Waals surface area contributed by atoms with Crippen molar-refractivity contribution in [2.45, 2.75) is 57.0 Å². The third-order valence-corrected chi connectivity index (χ3v) is 7.05. The number of ether oxygens (including phenoxy) is 1. The van der Waals surface area contributed by atoms with Crippen molar-refractivity contribution in [1.29, 1.82) is 0 Å². The smallest absolute Gasteiger partial charge is 0.411 e. The first kappa shape index (κ1) is 22.8. The third-order valence-electron chi connectivity index (χ3n) is 7.05. The molecule has 2 aliphatic heterocycles. The Morgan fingerprint density at radius 2 is 1.91 bits per heavy atom. The number of nitrogens with zero attached hydrogens (tertiary/aromatic N) is 4. The molecule has 1 saturated carbocycles. The second kappa shape index (κ2) is 8.65. The number of carbonyl (C=O) groups is 2. The van der Waals surface area contributed by atoms with E-state index in [0.29, 0.717) is 24.6 Å². The molecule has 2 aromatic rings. The van der Waals surface area contributed by atoms with Crippen LogP contribution >= 0.6 is 0 Å². The summed E-state index contributed by atoms with van der Waals surface area (Å²) in [6.07, 6.45) is 3.87. The van der Waals surface area contributed by atoms with Gasteiger partial charge in [0.05, 0.1) is 29.7 Å². The van der Waals surface area contributed by atoms with E-state index in [1.807, 2.05) is 16.9 Å². The van der Waals surface area contributed by atoms with E-state index < -0.39 is 18.1 Å². The SMILES string of the molecule is C[C@H]1CN(C(=O)O)c2cc(-c3cnn(C4CCOCC4)c3)ccc2N1C(=O)CC1CC(F)(F)C1. The second-order valence-corrected chi connectivity index (χ2v) is 9.60. The topological polar surface area (TPSA) is 87.9 Å². The highest BCUT2D eigenvalue weighted by Crippen LogP contribution is 2.45. The van der Waals surface area contributed by atoms with Crippen LogP contribution in [0.2, 0.25) is 0 Å². The molecule has 5 rings (SSSR count). The number of carboxylic acid groups (broad SMARTS) is 1. The fourth-order valence-electron chi connectivity index (χ4n) is 5.28.